The number of anilines is 2. The van der Waals surface area contributed by atoms with E-state index in [1.54, 1.807) is 4.90 Å². The molecule has 4 rings (SSSR count). The van der Waals surface area contributed by atoms with Gasteiger partial charge in [-0.25, -0.2) is 9.37 Å². The average molecular weight is 551 g/mol. The molecular formula is C25H26F4N6O2S. The smallest absolute Gasteiger partial charge is 0.419 e. The number of likely N-dealkylation sites (N-methyl/N-ethyl adjacent to an activating group) is 1. The summed E-state index contributed by atoms with van der Waals surface area (Å²) in [4.78, 5) is 23.5. The first kappa shape index (κ1) is 27.7. The third-order valence-electron chi connectivity index (χ3n) is 6.47. The molecule has 13 heteroatoms. The van der Waals surface area contributed by atoms with Crippen LogP contribution in [0.2, 0.25) is 0 Å². The van der Waals surface area contributed by atoms with Crippen molar-refractivity contribution in [3.05, 3.63) is 47.5 Å². The highest BCUT2D eigenvalue weighted by Crippen LogP contribution is 2.35. The van der Waals surface area contributed by atoms with Gasteiger partial charge in [0.25, 0.3) is 0 Å². The molecule has 0 aliphatic carbocycles. The maximum atomic E-state index is 14.6. The van der Waals surface area contributed by atoms with Crippen LogP contribution in [-0.2, 0) is 11.0 Å². The molecule has 2 aromatic rings. The van der Waals surface area contributed by atoms with Gasteiger partial charge in [-0.05, 0) is 43.9 Å². The van der Waals surface area contributed by atoms with Gasteiger partial charge in [0.1, 0.15) is 12.7 Å². The molecule has 2 aliphatic heterocycles. The summed E-state index contributed by atoms with van der Waals surface area (Å²) in [5.74, 6) is -1.06. The Morgan fingerprint density at radius 3 is 2.55 bits per heavy atom. The zero-order valence-electron chi connectivity index (χ0n) is 20.7. The molecule has 2 aliphatic rings. The molecule has 0 saturated carbocycles. The summed E-state index contributed by atoms with van der Waals surface area (Å²) in [6.45, 7) is 4.88. The van der Waals surface area contributed by atoms with Gasteiger partial charge in [0, 0.05) is 57.4 Å². The Kier molecular flexibility index (Phi) is 8.44. The van der Waals surface area contributed by atoms with E-state index in [4.69, 9.17) is 22.2 Å². The van der Waals surface area contributed by atoms with E-state index in [1.165, 1.54) is 24.3 Å². The molecule has 0 radical (unpaired) electrons. The second-order valence-corrected chi connectivity index (χ2v) is 9.44. The molecule has 0 spiro atoms. The lowest BCUT2D eigenvalue weighted by Crippen LogP contribution is -2.45. The number of carbonyl (C=O) groups is 1. The van der Waals surface area contributed by atoms with Gasteiger partial charge < -0.3 is 14.5 Å². The molecule has 0 bridgehead atoms. The van der Waals surface area contributed by atoms with Gasteiger partial charge in [0.15, 0.2) is 22.4 Å². The second-order valence-electron chi connectivity index (χ2n) is 9.07. The van der Waals surface area contributed by atoms with E-state index in [0.717, 1.165) is 37.3 Å². The molecular weight excluding hydrogens is 524 g/mol. The highest BCUT2D eigenvalue weighted by atomic mass is 32.1. The van der Waals surface area contributed by atoms with Gasteiger partial charge in [0.05, 0.1) is 17.4 Å². The topological polar surface area (TPSA) is 75.9 Å². The van der Waals surface area contributed by atoms with Crippen LogP contribution in [0.5, 0.6) is 5.75 Å². The number of hydrogen-bond donors (Lipinski definition) is 0. The minimum Gasteiger partial charge on any atom is -0.489 e. The van der Waals surface area contributed by atoms with Gasteiger partial charge in [-0.1, -0.05) is 0 Å². The third-order valence-corrected chi connectivity index (χ3v) is 6.88. The van der Waals surface area contributed by atoms with Crippen molar-refractivity contribution in [1.29, 1.82) is 5.26 Å². The number of pyridine rings is 1. The van der Waals surface area contributed by atoms with E-state index < -0.39 is 29.2 Å². The van der Waals surface area contributed by atoms with Crippen molar-refractivity contribution in [1.82, 2.24) is 14.8 Å². The summed E-state index contributed by atoms with van der Waals surface area (Å²) >= 11 is 5.54. The van der Waals surface area contributed by atoms with Gasteiger partial charge in [-0.2, -0.15) is 18.4 Å². The Morgan fingerprint density at radius 2 is 1.87 bits per heavy atom. The van der Waals surface area contributed by atoms with Crippen LogP contribution in [0.3, 0.4) is 0 Å². The molecule has 2 fully saturated rings. The maximum Gasteiger partial charge on any atom is 0.419 e. The molecule has 0 N–H and O–H groups in total. The number of nitrogens with zero attached hydrogens (tertiary/aromatic N) is 6. The van der Waals surface area contributed by atoms with Gasteiger partial charge in [0.2, 0.25) is 5.91 Å². The minimum atomic E-state index is -4.85. The third kappa shape index (κ3) is 6.20. The van der Waals surface area contributed by atoms with E-state index in [2.05, 4.69) is 21.8 Å². The van der Waals surface area contributed by atoms with Crippen molar-refractivity contribution in [2.45, 2.75) is 19.0 Å². The summed E-state index contributed by atoms with van der Waals surface area (Å²) in [6, 6.07) is 6.28. The largest absolute Gasteiger partial charge is 0.489 e. The number of alkyl halides is 3. The van der Waals surface area contributed by atoms with Crippen LogP contribution in [0, 0.1) is 17.1 Å². The number of thiocarbonyl (C=S) groups is 1. The number of nitriles is 1. The van der Waals surface area contributed by atoms with Crippen molar-refractivity contribution in [2.24, 2.45) is 0 Å². The van der Waals surface area contributed by atoms with Crippen LogP contribution in [0.4, 0.5) is 28.9 Å². The van der Waals surface area contributed by atoms with Crippen LogP contribution in [0.15, 0.2) is 30.5 Å². The molecule has 0 atom stereocenters. The first-order valence-electron chi connectivity index (χ1n) is 12.0. The predicted molar refractivity (Wildman–Crippen MR) is 136 cm³/mol. The molecule has 0 unspecified atom stereocenters. The molecule has 2 saturated heterocycles. The normalized spacial score (nSPS) is 17.9. The fourth-order valence-corrected chi connectivity index (χ4v) is 4.73. The molecule has 3 heterocycles. The molecule has 38 heavy (non-hydrogen) atoms. The Morgan fingerprint density at radius 1 is 1.13 bits per heavy atom. The van der Waals surface area contributed by atoms with Crippen LogP contribution < -0.4 is 14.5 Å². The highest BCUT2D eigenvalue weighted by Gasteiger charge is 2.37. The van der Waals surface area contributed by atoms with Crippen LogP contribution in [0.1, 0.15) is 24.1 Å². The lowest BCUT2D eigenvalue weighted by Gasteiger charge is -2.32. The Labute approximate surface area is 223 Å². The summed E-state index contributed by atoms with van der Waals surface area (Å²) in [5, 5.41) is 8.96. The van der Waals surface area contributed by atoms with Crippen molar-refractivity contribution in [3.63, 3.8) is 0 Å². The number of benzene rings is 1. The quantitative estimate of drug-likeness (QED) is 0.399. The Hall–Kier alpha value is -3.34. The van der Waals surface area contributed by atoms with E-state index in [0.29, 0.717) is 24.7 Å². The number of carbonyl (C=O) groups excluding carboxylic acids is 1. The zero-order chi connectivity index (χ0) is 27.4. The van der Waals surface area contributed by atoms with E-state index >= 15 is 0 Å². The maximum absolute atomic E-state index is 14.6. The number of hydrogen-bond acceptors (Lipinski definition) is 7. The number of ether oxygens (including phenoxy) is 1. The number of amides is 1. The number of rotatable bonds is 6. The predicted octanol–water partition coefficient (Wildman–Crippen LogP) is 3.66. The SMILES string of the molecule is CN1CCN(CCOc2cc(N3CCCC(=O)N(c4cnc(C#N)c(C(F)(F)F)c4)C3=S)ccc2F)CC1. The van der Waals surface area contributed by atoms with E-state index in [9.17, 15) is 22.4 Å². The van der Waals surface area contributed by atoms with Crippen molar-refractivity contribution >= 4 is 34.6 Å². The standard InChI is InChI=1S/C25H26F4N6O2S/c1-32-7-9-33(10-8-32)11-12-37-22-14-17(4-5-20(22)26)34-6-2-3-23(36)35(24(34)38)18-13-19(25(27,28)29)21(15-30)31-16-18/h4-5,13-14,16H,2-3,6-12H2,1H3. The summed E-state index contributed by atoms with van der Waals surface area (Å²) in [6.07, 6.45) is -3.45. The van der Waals surface area contributed by atoms with Gasteiger partial charge >= 0.3 is 6.18 Å². The Balaban J connectivity index is 1.56. The molecule has 1 amide bonds. The van der Waals surface area contributed by atoms with Crippen LogP contribution in [-0.4, -0.2) is 78.7 Å². The molecule has 8 nitrogen and oxygen atoms in total. The minimum absolute atomic E-state index is 0.0148. The molecule has 202 valence electrons. The highest BCUT2D eigenvalue weighted by molar-refractivity contribution is 7.81. The summed E-state index contributed by atoms with van der Waals surface area (Å²) < 4.78 is 60.9. The number of aromatic nitrogens is 1. The lowest BCUT2D eigenvalue weighted by molar-refractivity contribution is -0.138. The second kappa shape index (κ2) is 11.6. The molecule has 1 aromatic heterocycles. The lowest BCUT2D eigenvalue weighted by atomic mass is 10.1. The van der Waals surface area contributed by atoms with Crippen molar-refractivity contribution in [2.75, 3.05) is 62.7 Å². The number of halogens is 4. The van der Waals surface area contributed by atoms with Crippen molar-refractivity contribution < 1.29 is 27.1 Å². The van der Waals surface area contributed by atoms with Crippen LogP contribution in [0.25, 0.3) is 0 Å². The fraction of sp³-hybridized carbons (Fsp3) is 0.440. The summed E-state index contributed by atoms with van der Waals surface area (Å²) in [7, 11) is 2.06. The van der Waals surface area contributed by atoms with E-state index in [-0.39, 0.29) is 36.1 Å². The summed E-state index contributed by atoms with van der Waals surface area (Å²) in [5.41, 5.74) is -1.84. The number of piperazine rings is 1. The zero-order valence-corrected chi connectivity index (χ0v) is 21.5. The van der Waals surface area contributed by atoms with E-state index in [1.807, 2.05) is 0 Å². The van der Waals surface area contributed by atoms with Crippen LogP contribution >= 0.6 is 12.2 Å². The van der Waals surface area contributed by atoms with Gasteiger partial charge in [-0.15, -0.1) is 0 Å². The monoisotopic (exact) mass is 550 g/mol. The average Bonchev–Trinajstić information content (AvgIpc) is 3.03. The van der Waals surface area contributed by atoms with Crippen molar-refractivity contribution in [3.8, 4) is 11.8 Å². The Bertz CT molecular complexity index is 1240. The van der Waals surface area contributed by atoms with Gasteiger partial charge in [-0.3, -0.25) is 14.6 Å². The molecule has 1 aromatic carbocycles. The first-order chi connectivity index (χ1) is 18.1. The fourth-order valence-electron chi connectivity index (χ4n) is 4.33. The first-order valence-corrected chi connectivity index (χ1v) is 12.4.